The van der Waals surface area contributed by atoms with Gasteiger partial charge in [0, 0.05) is 0 Å². The van der Waals surface area contributed by atoms with E-state index >= 15 is 0 Å². The van der Waals surface area contributed by atoms with Crippen molar-refractivity contribution in [3.05, 3.63) is 17.3 Å². The number of anilines is 1. The summed E-state index contributed by atoms with van der Waals surface area (Å²) in [5, 5.41) is 47.3. The normalized spacial score (nSPS) is 16.5. The maximum absolute atomic E-state index is 9.37. The van der Waals surface area contributed by atoms with Crippen molar-refractivity contribution in [1.82, 2.24) is 10.2 Å². The number of hydrogen-bond donors (Lipinski definition) is 5. The van der Waals surface area contributed by atoms with Gasteiger partial charge in [-0.25, -0.2) is 0 Å². The minimum atomic E-state index is -1.53. The van der Waals surface area contributed by atoms with E-state index in [1.807, 2.05) is 0 Å². The lowest BCUT2D eigenvalue weighted by Crippen LogP contribution is -2.40. The van der Waals surface area contributed by atoms with Crippen LogP contribution in [0.5, 0.6) is 0 Å². The second-order valence-corrected chi connectivity index (χ2v) is 3.75. The molecule has 0 aromatic carbocycles. The molecule has 0 spiro atoms. The first-order chi connectivity index (χ1) is 8.54. The van der Waals surface area contributed by atoms with E-state index < -0.39 is 24.9 Å². The first-order valence-corrected chi connectivity index (χ1v) is 5.36. The minimum Gasteiger partial charge on any atom is -0.394 e. The van der Waals surface area contributed by atoms with Gasteiger partial charge >= 0.3 is 0 Å². The van der Waals surface area contributed by atoms with Gasteiger partial charge in [0.25, 0.3) is 0 Å². The Bertz CT molecular complexity index is 389. The monoisotopic (exact) mass is 276 g/mol. The van der Waals surface area contributed by atoms with Crippen molar-refractivity contribution in [3.63, 3.8) is 0 Å². The number of hydrogen-bond acceptors (Lipinski definition) is 8. The molecule has 1 aromatic rings. The summed E-state index contributed by atoms with van der Waals surface area (Å²) in [6, 6.07) is 3.01. The molecule has 100 valence electrons. The number of rotatable bonds is 6. The molecule has 0 aliphatic heterocycles. The van der Waals surface area contributed by atoms with Crippen molar-refractivity contribution in [1.29, 1.82) is 0 Å². The van der Waals surface area contributed by atoms with Gasteiger partial charge in [-0.2, -0.15) is 5.10 Å². The predicted octanol–water partition coefficient (Wildman–Crippen LogP) is -1.40. The number of halogens is 1. The average molecular weight is 277 g/mol. The van der Waals surface area contributed by atoms with Crippen LogP contribution in [0.1, 0.15) is 0 Å². The molecule has 0 unspecified atom stereocenters. The van der Waals surface area contributed by atoms with Crippen LogP contribution >= 0.6 is 11.6 Å². The molecular formula is C9H13ClN4O4. The van der Waals surface area contributed by atoms with Gasteiger partial charge in [0.1, 0.15) is 18.3 Å². The molecule has 0 aliphatic rings. The van der Waals surface area contributed by atoms with E-state index in [-0.39, 0.29) is 5.15 Å². The molecule has 1 aromatic heterocycles. The van der Waals surface area contributed by atoms with E-state index in [0.717, 1.165) is 6.21 Å². The van der Waals surface area contributed by atoms with E-state index in [9.17, 15) is 10.2 Å². The molecule has 9 heteroatoms. The molecule has 0 aliphatic carbocycles. The first kappa shape index (κ1) is 14.7. The summed E-state index contributed by atoms with van der Waals surface area (Å²) in [6.45, 7) is -0.665. The summed E-state index contributed by atoms with van der Waals surface area (Å²) < 4.78 is 0. The first-order valence-electron chi connectivity index (χ1n) is 4.98. The topological polar surface area (TPSA) is 131 Å². The quantitative estimate of drug-likeness (QED) is 0.319. The Morgan fingerprint density at radius 1 is 1.33 bits per heavy atom. The highest BCUT2D eigenvalue weighted by molar-refractivity contribution is 6.29. The standard InChI is InChI=1S/C9H13ClN4O4/c10-7-1-2-8(14-12-7)13-11-3-5(16)9(18)6(17)4-15/h1-3,5-6,9,15-18H,4H2,(H,13,14)/b11-3+/t5-,6+,9-/m0/s1. The molecular weight excluding hydrogens is 264 g/mol. The minimum absolute atomic E-state index is 0.228. The SMILES string of the molecule is OC[C@@H](O)[C@@H](O)[C@@H](O)/C=N/Nc1ccc(Cl)nn1. The lowest BCUT2D eigenvalue weighted by atomic mass is 10.1. The van der Waals surface area contributed by atoms with Gasteiger partial charge in [-0.15, -0.1) is 10.2 Å². The number of aliphatic hydroxyl groups excluding tert-OH is 4. The van der Waals surface area contributed by atoms with Crippen molar-refractivity contribution >= 4 is 23.6 Å². The van der Waals surface area contributed by atoms with Crippen LogP contribution in [0.2, 0.25) is 5.15 Å². The number of hydrazone groups is 1. The molecule has 1 heterocycles. The second kappa shape index (κ2) is 7.19. The van der Waals surface area contributed by atoms with Gasteiger partial charge in [0.15, 0.2) is 11.0 Å². The van der Waals surface area contributed by atoms with Gasteiger partial charge in [-0.1, -0.05) is 11.6 Å². The van der Waals surface area contributed by atoms with Crippen molar-refractivity contribution in [3.8, 4) is 0 Å². The van der Waals surface area contributed by atoms with Crippen LogP contribution in [-0.4, -0.2) is 61.8 Å². The number of aromatic nitrogens is 2. The van der Waals surface area contributed by atoms with Gasteiger partial charge < -0.3 is 20.4 Å². The Morgan fingerprint density at radius 3 is 2.61 bits per heavy atom. The maximum atomic E-state index is 9.37. The summed E-state index contributed by atoms with van der Waals surface area (Å²) in [4.78, 5) is 0. The van der Waals surface area contributed by atoms with E-state index in [4.69, 9.17) is 21.8 Å². The van der Waals surface area contributed by atoms with Crippen LogP contribution in [0.25, 0.3) is 0 Å². The van der Waals surface area contributed by atoms with Crippen LogP contribution in [0.3, 0.4) is 0 Å². The van der Waals surface area contributed by atoms with Crippen molar-refractivity contribution in [2.24, 2.45) is 5.10 Å². The molecule has 18 heavy (non-hydrogen) atoms. The van der Waals surface area contributed by atoms with Crippen molar-refractivity contribution in [2.75, 3.05) is 12.0 Å². The van der Waals surface area contributed by atoms with E-state index in [1.54, 1.807) is 0 Å². The maximum Gasteiger partial charge on any atom is 0.168 e. The van der Waals surface area contributed by atoms with E-state index in [1.165, 1.54) is 12.1 Å². The van der Waals surface area contributed by atoms with Crippen LogP contribution < -0.4 is 5.43 Å². The Hall–Kier alpha value is -1.32. The molecule has 1 rings (SSSR count). The van der Waals surface area contributed by atoms with Crippen LogP contribution in [0, 0.1) is 0 Å². The number of nitrogens with zero attached hydrogens (tertiary/aromatic N) is 3. The Balaban J connectivity index is 2.47. The number of aliphatic hydroxyl groups is 4. The number of nitrogens with one attached hydrogen (secondary N) is 1. The fourth-order valence-corrected chi connectivity index (χ4v) is 1.08. The lowest BCUT2D eigenvalue weighted by Gasteiger charge is -2.17. The molecule has 0 radical (unpaired) electrons. The van der Waals surface area contributed by atoms with Crippen LogP contribution in [-0.2, 0) is 0 Å². The third kappa shape index (κ3) is 4.51. The largest absolute Gasteiger partial charge is 0.394 e. The Labute approximate surface area is 108 Å². The molecule has 0 saturated carbocycles. The van der Waals surface area contributed by atoms with Crippen molar-refractivity contribution < 1.29 is 20.4 Å². The molecule has 0 bridgehead atoms. The van der Waals surface area contributed by atoms with Gasteiger partial charge in [0.05, 0.1) is 12.8 Å². The van der Waals surface area contributed by atoms with E-state index in [0.29, 0.717) is 5.82 Å². The summed E-state index contributed by atoms with van der Waals surface area (Å²) in [6.07, 6.45) is -3.45. The van der Waals surface area contributed by atoms with Gasteiger partial charge in [0.2, 0.25) is 0 Å². The molecule has 0 amide bonds. The van der Waals surface area contributed by atoms with E-state index in [2.05, 4.69) is 20.7 Å². The predicted molar refractivity (Wildman–Crippen MR) is 64.3 cm³/mol. The third-order valence-corrected chi connectivity index (χ3v) is 2.17. The summed E-state index contributed by atoms with van der Waals surface area (Å²) in [7, 11) is 0. The van der Waals surface area contributed by atoms with Gasteiger partial charge in [-0.3, -0.25) is 5.43 Å². The molecule has 0 saturated heterocycles. The highest BCUT2D eigenvalue weighted by Crippen LogP contribution is 2.05. The molecule has 5 N–H and O–H groups in total. The lowest BCUT2D eigenvalue weighted by molar-refractivity contribution is -0.0541. The highest BCUT2D eigenvalue weighted by atomic mass is 35.5. The van der Waals surface area contributed by atoms with Gasteiger partial charge in [-0.05, 0) is 12.1 Å². The highest BCUT2D eigenvalue weighted by Gasteiger charge is 2.22. The third-order valence-electron chi connectivity index (χ3n) is 1.97. The molecule has 0 fully saturated rings. The molecule has 3 atom stereocenters. The Morgan fingerprint density at radius 2 is 2.06 bits per heavy atom. The fraction of sp³-hybridized carbons (Fsp3) is 0.444. The summed E-state index contributed by atoms with van der Waals surface area (Å²) in [5.74, 6) is 0.292. The molecule has 8 nitrogen and oxygen atoms in total. The second-order valence-electron chi connectivity index (χ2n) is 3.36. The average Bonchev–Trinajstić information content (AvgIpc) is 2.39. The summed E-state index contributed by atoms with van der Waals surface area (Å²) >= 11 is 5.52. The summed E-state index contributed by atoms with van der Waals surface area (Å²) in [5.41, 5.74) is 2.44. The van der Waals surface area contributed by atoms with Crippen LogP contribution in [0.4, 0.5) is 5.82 Å². The zero-order valence-electron chi connectivity index (χ0n) is 9.18. The Kier molecular flexibility index (Phi) is 5.89. The zero-order valence-corrected chi connectivity index (χ0v) is 9.94. The fourth-order valence-electron chi connectivity index (χ4n) is 0.979. The van der Waals surface area contributed by atoms with Crippen molar-refractivity contribution in [2.45, 2.75) is 18.3 Å². The smallest absolute Gasteiger partial charge is 0.168 e. The van der Waals surface area contributed by atoms with Crippen LogP contribution in [0.15, 0.2) is 17.2 Å². The zero-order chi connectivity index (χ0) is 13.5.